The lowest BCUT2D eigenvalue weighted by Gasteiger charge is -2.16. The smallest absolute Gasteiger partial charge is 0.418 e. The lowest BCUT2D eigenvalue weighted by molar-refractivity contribution is -0.140. The van der Waals surface area contributed by atoms with Gasteiger partial charge in [-0.2, -0.15) is 13.2 Å². The van der Waals surface area contributed by atoms with Crippen LogP contribution in [0.5, 0.6) is 0 Å². The highest BCUT2D eigenvalue weighted by atomic mass is 79.9. The highest BCUT2D eigenvalue weighted by Crippen LogP contribution is 2.41. The molecule has 0 radical (unpaired) electrons. The number of carbonyl (C=O) groups excluding carboxylic acids is 1. The van der Waals surface area contributed by atoms with Crippen molar-refractivity contribution >= 4 is 21.9 Å². The van der Waals surface area contributed by atoms with Gasteiger partial charge in [-0.1, -0.05) is 0 Å². The second-order valence-electron chi connectivity index (χ2n) is 3.03. The van der Waals surface area contributed by atoms with E-state index in [1.807, 2.05) is 0 Å². The fraction of sp³-hybridized carbons (Fsp3) is 0.333. The molecule has 0 aromatic carbocycles. The lowest BCUT2D eigenvalue weighted by atomic mass is 10.1. The standard InChI is InChI=1S/C9H5BrF5NO2/c1-18-8(17)6-4(7(11)12)5(9(13,14)15)3(10)2-16-6/h2,7H,1H3. The number of esters is 1. The molecule has 0 amide bonds. The number of nitrogens with zero attached hydrogens (tertiary/aromatic N) is 1. The van der Waals surface area contributed by atoms with Crippen molar-refractivity contribution in [2.75, 3.05) is 7.11 Å². The molecular formula is C9H5BrF5NO2. The van der Waals surface area contributed by atoms with E-state index in [4.69, 9.17) is 0 Å². The first-order valence-corrected chi connectivity index (χ1v) is 5.11. The number of rotatable bonds is 2. The van der Waals surface area contributed by atoms with Crippen LogP contribution in [0.2, 0.25) is 0 Å². The molecule has 0 N–H and O–H groups in total. The summed E-state index contributed by atoms with van der Waals surface area (Å²) in [6, 6.07) is 0. The molecule has 100 valence electrons. The largest absolute Gasteiger partial charge is 0.464 e. The SMILES string of the molecule is COC(=O)c1ncc(Br)c(C(F)(F)F)c1C(F)F. The minimum absolute atomic E-state index is 0.626. The Labute approximate surface area is 106 Å². The monoisotopic (exact) mass is 333 g/mol. The summed E-state index contributed by atoms with van der Waals surface area (Å²) < 4.78 is 66.9. The average molecular weight is 334 g/mol. The first-order valence-electron chi connectivity index (χ1n) is 4.32. The summed E-state index contributed by atoms with van der Waals surface area (Å²) in [5, 5.41) is 0. The molecule has 1 rings (SSSR count). The van der Waals surface area contributed by atoms with Crippen molar-refractivity contribution in [2.45, 2.75) is 12.6 Å². The zero-order chi connectivity index (χ0) is 14.1. The Morgan fingerprint density at radius 2 is 2.00 bits per heavy atom. The molecule has 1 aromatic rings. The maximum Gasteiger partial charge on any atom is 0.418 e. The Bertz CT molecular complexity index is 475. The Kier molecular flexibility index (Phi) is 4.25. The van der Waals surface area contributed by atoms with Gasteiger partial charge in [0, 0.05) is 10.7 Å². The van der Waals surface area contributed by atoms with E-state index in [1.54, 1.807) is 0 Å². The predicted octanol–water partition coefficient (Wildman–Crippen LogP) is 3.59. The van der Waals surface area contributed by atoms with Gasteiger partial charge in [-0.15, -0.1) is 0 Å². The summed E-state index contributed by atoms with van der Waals surface area (Å²) in [4.78, 5) is 14.4. The Morgan fingerprint density at radius 3 is 2.39 bits per heavy atom. The van der Waals surface area contributed by atoms with Crippen molar-refractivity contribution in [2.24, 2.45) is 0 Å². The number of hydrogen-bond acceptors (Lipinski definition) is 3. The van der Waals surface area contributed by atoms with E-state index in [1.165, 1.54) is 0 Å². The van der Waals surface area contributed by atoms with Crippen molar-refractivity contribution in [3.8, 4) is 0 Å². The number of pyridine rings is 1. The lowest BCUT2D eigenvalue weighted by Crippen LogP contribution is -2.17. The second kappa shape index (κ2) is 5.17. The van der Waals surface area contributed by atoms with Crippen LogP contribution in [-0.4, -0.2) is 18.1 Å². The summed E-state index contributed by atoms with van der Waals surface area (Å²) in [6.07, 6.45) is -7.93. The normalized spacial score (nSPS) is 11.8. The van der Waals surface area contributed by atoms with Gasteiger partial charge in [-0.3, -0.25) is 0 Å². The van der Waals surface area contributed by atoms with E-state index in [2.05, 4.69) is 25.7 Å². The van der Waals surface area contributed by atoms with Gasteiger partial charge in [0.1, 0.15) is 0 Å². The molecule has 0 fully saturated rings. The zero-order valence-corrected chi connectivity index (χ0v) is 10.3. The minimum Gasteiger partial charge on any atom is -0.464 e. The van der Waals surface area contributed by atoms with Gasteiger partial charge in [0.15, 0.2) is 5.69 Å². The molecule has 3 nitrogen and oxygen atoms in total. The number of aromatic nitrogens is 1. The van der Waals surface area contributed by atoms with Gasteiger partial charge < -0.3 is 4.74 Å². The fourth-order valence-corrected chi connectivity index (χ4v) is 1.80. The molecule has 18 heavy (non-hydrogen) atoms. The highest BCUT2D eigenvalue weighted by Gasteiger charge is 2.41. The van der Waals surface area contributed by atoms with Crippen LogP contribution in [0.4, 0.5) is 22.0 Å². The molecule has 0 saturated heterocycles. The molecule has 0 saturated carbocycles. The zero-order valence-electron chi connectivity index (χ0n) is 8.69. The van der Waals surface area contributed by atoms with E-state index < -0.39 is 39.9 Å². The van der Waals surface area contributed by atoms with Gasteiger partial charge in [0.25, 0.3) is 6.43 Å². The number of methoxy groups -OCH3 is 1. The van der Waals surface area contributed by atoms with E-state index in [0.29, 0.717) is 6.20 Å². The summed E-state index contributed by atoms with van der Waals surface area (Å²) in [5.41, 5.74) is -4.18. The van der Waals surface area contributed by atoms with Gasteiger partial charge in [-0.25, -0.2) is 18.6 Å². The third kappa shape index (κ3) is 2.77. The van der Waals surface area contributed by atoms with Gasteiger partial charge >= 0.3 is 12.1 Å². The quantitative estimate of drug-likeness (QED) is 0.613. The van der Waals surface area contributed by atoms with Crippen LogP contribution in [0.1, 0.15) is 28.0 Å². The van der Waals surface area contributed by atoms with Crippen molar-refractivity contribution < 1.29 is 31.5 Å². The molecule has 0 atom stereocenters. The molecular weight excluding hydrogens is 329 g/mol. The Morgan fingerprint density at radius 1 is 1.44 bits per heavy atom. The van der Waals surface area contributed by atoms with Crippen LogP contribution in [0.25, 0.3) is 0 Å². The molecule has 0 aliphatic rings. The molecule has 0 spiro atoms. The fourth-order valence-electron chi connectivity index (χ4n) is 1.26. The van der Waals surface area contributed by atoms with Gasteiger partial charge in [-0.05, 0) is 15.9 Å². The number of alkyl halides is 5. The van der Waals surface area contributed by atoms with E-state index >= 15 is 0 Å². The number of ether oxygens (including phenoxy) is 1. The third-order valence-electron chi connectivity index (χ3n) is 1.95. The van der Waals surface area contributed by atoms with Crippen LogP contribution in [-0.2, 0) is 10.9 Å². The number of halogens is 6. The second-order valence-corrected chi connectivity index (χ2v) is 3.89. The Balaban J connectivity index is 3.64. The first kappa shape index (κ1) is 14.8. The summed E-state index contributed by atoms with van der Waals surface area (Å²) >= 11 is 2.49. The summed E-state index contributed by atoms with van der Waals surface area (Å²) in [5.74, 6) is -1.36. The summed E-state index contributed by atoms with van der Waals surface area (Å²) in [6.45, 7) is 0. The topological polar surface area (TPSA) is 39.2 Å². The molecule has 0 aliphatic heterocycles. The van der Waals surface area contributed by atoms with Crippen molar-refractivity contribution in [3.05, 3.63) is 27.5 Å². The van der Waals surface area contributed by atoms with Crippen LogP contribution >= 0.6 is 15.9 Å². The highest BCUT2D eigenvalue weighted by molar-refractivity contribution is 9.10. The van der Waals surface area contributed by atoms with Gasteiger partial charge in [0.05, 0.1) is 18.2 Å². The van der Waals surface area contributed by atoms with Crippen LogP contribution in [0, 0.1) is 0 Å². The number of hydrogen-bond donors (Lipinski definition) is 0. The average Bonchev–Trinajstić information content (AvgIpc) is 2.25. The maximum absolute atomic E-state index is 12.7. The van der Waals surface area contributed by atoms with E-state index in [9.17, 15) is 26.7 Å². The molecule has 1 aromatic heterocycles. The summed E-state index contributed by atoms with van der Waals surface area (Å²) in [7, 11) is 0.856. The third-order valence-corrected chi connectivity index (χ3v) is 2.55. The Hall–Kier alpha value is -1.25. The molecule has 0 bridgehead atoms. The first-order chi connectivity index (χ1) is 8.20. The predicted molar refractivity (Wildman–Crippen MR) is 53.2 cm³/mol. The maximum atomic E-state index is 12.7. The number of carbonyl (C=O) groups is 1. The molecule has 9 heteroatoms. The van der Waals surface area contributed by atoms with Crippen LogP contribution in [0.15, 0.2) is 10.7 Å². The van der Waals surface area contributed by atoms with Crippen LogP contribution < -0.4 is 0 Å². The van der Waals surface area contributed by atoms with Crippen molar-refractivity contribution in [3.63, 3.8) is 0 Å². The van der Waals surface area contributed by atoms with Crippen LogP contribution in [0.3, 0.4) is 0 Å². The van der Waals surface area contributed by atoms with E-state index in [-0.39, 0.29) is 0 Å². The molecule has 0 aliphatic carbocycles. The van der Waals surface area contributed by atoms with Gasteiger partial charge in [0.2, 0.25) is 0 Å². The minimum atomic E-state index is -5.05. The van der Waals surface area contributed by atoms with Crippen molar-refractivity contribution in [1.82, 2.24) is 4.98 Å². The molecule has 0 unspecified atom stereocenters. The van der Waals surface area contributed by atoms with Crippen molar-refractivity contribution in [1.29, 1.82) is 0 Å². The van der Waals surface area contributed by atoms with E-state index in [0.717, 1.165) is 7.11 Å². The molecule has 1 heterocycles.